The van der Waals surface area contributed by atoms with Crippen LogP contribution in [0.25, 0.3) is 0 Å². The molecule has 1 aromatic carbocycles. The van der Waals surface area contributed by atoms with Crippen LogP contribution in [0, 0.1) is 5.92 Å². The number of hydrogen-bond acceptors (Lipinski definition) is 5. The first-order valence-corrected chi connectivity index (χ1v) is 10.9. The van der Waals surface area contributed by atoms with Crippen molar-refractivity contribution >= 4 is 21.9 Å². The Morgan fingerprint density at radius 3 is 2.67 bits per heavy atom. The fourth-order valence-electron chi connectivity index (χ4n) is 3.10. The largest absolute Gasteiger partial charge is 0.452 e. The van der Waals surface area contributed by atoms with Crippen molar-refractivity contribution in [3.8, 4) is 0 Å². The monoisotopic (exact) mass is 396 g/mol. The molecule has 2 atom stereocenters. The van der Waals surface area contributed by atoms with E-state index in [0.29, 0.717) is 18.9 Å². The number of ether oxygens (including phenoxy) is 1. The minimum absolute atomic E-state index is 0.00844. The van der Waals surface area contributed by atoms with E-state index in [-0.39, 0.29) is 29.0 Å². The number of sulfonamides is 1. The Bertz CT molecular complexity index is 763. The minimum Gasteiger partial charge on any atom is -0.452 e. The lowest BCUT2D eigenvalue weighted by Gasteiger charge is -2.29. The summed E-state index contributed by atoms with van der Waals surface area (Å²) in [5.74, 6) is -0.652. The average Bonchev–Trinajstić information content (AvgIpc) is 2.66. The van der Waals surface area contributed by atoms with Crippen molar-refractivity contribution in [3.05, 3.63) is 29.8 Å². The van der Waals surface area contributed by atoms with E-state index in [2.05, 4.69) is 17.0 Å². The molecule has 0 spiro atoms. The average molecular weight is 397 g/mol. The van der Waals surface area contributed by atoms with Gasteiger partial charge < -0.3 is 10.1 Å². The molecule has 1 aliphatic rings. The SMILES string of the molecule is CCCNS(=O)(=O)c1cccc(C(=O)OCC(=O)N[C@@H]2CCCC[C@@H]2C)c1. The molecule has 1 fully saturated rings. The van der Waals surface area contributed by atoms with E-state index >= 15 is 0 Å². The molecule has 0 bridgehead atoms. The highest BCUT2D eigenvalue weighted by molar-refractivity contribution is 7.89. The molecule has 2 rings (SSSR count). The van der Waals surface area contributed by atoms with Crippen LogP contribution in [0.2, 0.25) is 0 Å². The normalized spacial score (nSPS) is 20.1. The van der Waals surface area contributed by atoms with Gasteiger partial charge in [0.25, 0.3) is 5.91 Å². The zero-order chi connectivity index (χ0) is 19.9. The van der Waals surface area contributed by atoms with Gasteiger partial charge in [-0.3, -0.25) is 4.79 Å². The summed E-state index contributed by atoms with van der Waals surface area (Å²) in [6, 6.07) is 5.71. The predicted octanol–water partition coefficient (Wildman–Crippen LogP) is 2.23. The summed E-state index contributed by atoms with van der Waals surface area (Å²) >= 11 is 0. The summed E-state index contributed by atoms with van der Waals surface area (Å²) in [6.45, 7) is 3.90. The molecule has 2 N–H and O–H groups in total. The van der Waals surface area contributed by atoms with E-state index in [0.717, 1.165) is 19.3 Å². The smallest absolute Gasteiger partial charge is 0.338 e. The van der Waals surface area contributed by atoms with Gasteiger partial charge in [-0.05, 0) is 43.4 Å². The van der Waals surface area contributed by atoms with Crippen LogP contribution in [0.1, 0.15) is 56.3 Å². The molecule has 1 aromatic rings. The van der Waals surface area contributed by atoms with Gasteiger partial charge in [0.1, 0.15) is 0 Å². The van der Waals surface area contributed by atoms with Crippen molar-refractivity contribution in [3.63, 3.8) is 0 Å². The van der Waals surface area contributed by atoms with Gasteiger partial charge in [0.15, 0.2) is 6.61 Å². The summed E-state index contributed by atoms with van der Waals surface area (Å²) in [6.07, 6.45) is 4.94. The van der Waals surface area contributed by atoms with Gasteiger partial charge in [-0.2, -0.15) is 0 Å². The lowest BCUT2D eigenvalue weighted by atomic mass is 9.86. The van der Waals surface area contributed by atoms with Crippen LogP contribution >= 0.6 is 0 Å². The number of esters is 1. The maximum Gasteiger partial charge on any atom is 0.338 e. The van der Waals surface area contributed by atoms with E-state index < -0.39 is 16.0 Å². The third kappa shape index (κ3) is 6.32. The quantitative estimate of drug-likeness (QED) is 0.656. The third-order valence-corrected chi connectivity index (χ3v) is 6.17. The molecule has 150 valence electrons. The highest BCUT2D eigenvalue weighted by Crippen LogP contribution is 2.23. The number of carbonyl (C=O) groups excluding carboxylic acids is 2. The molecular formula is C19H28N2O5S. The highest BCUT2D eigenvalue weighted by Gasteiger charge is 2.23. The number of amides is 1. The van der Waals surface area contributed by atoms with Crippen LogP contribution < -0.4 is 10.0 Å². The Morgan fingerprint density at radius 2 is 1.96 bits per heavy atom. The second-order valence-corrected chi connectivity index (χ2v) is 8.70. The van der Waals surface area contributed by atoms with Crippen LogP contribution in [0.3, 0.4) is 0 Å². The van der Waals surface area contributed by atoms with Crippen LogP contribution in [-0.4, -0.2) is 39.5 Å². The van der Waals surface area contributed by atoms with Gasteiger partial charge in [0, 0.05) is 12.6 Å². The van der Waals surface area contributed by atoms with Gasteiger partial charge >= 0.3 is 5.97 Å². The molecule has 1 aliphatic carbocycles. The molecule has 27 heavy (non-hydrogen) atoms. The van der Waals surface area contributed by atoms with Crippen LogP contribution in [0.4, 0.5) is 0 Å². The van der Waals surface area contributed by atoms with E-state index in [1.54, 1.807) is 0 Å². The first-order valence-electron chi connectivity index (χ1n) is 9.39. The summed E-state index contributed by atoms with van der Waals surface area (Å²) < 4.78 is 31.8. The van der Waals surface area contributed by atoms with Crippen LogP contribution in [0.15, 0.2) is 29.2 Å². The molecule has 1 saturated carbocycles. The number of carbonyl (C=O) groups is 2. The van der Waals surface area contributed by atoms with Gasteiger partial charge in [0.2, 0.25) is 10.0 Å². The van der Waals surface area contributed by atoms with E-state index in [1.807, 2.05) is 6.92 Å². The number of nitrogens with one attached hydrogen (secondary N) is 2. The second kappa shape index (κ2) is 9.85. The third-order valence-electron chi connectivity index (χ3n) is 4.71. The van der Waals surface area contributed by atoms with Crippen molar-refractivity contribution in [2.45, 2.75) is 56.9 Å². The maximum absolute atomic E-state index is 12.2. The Labute approximate surface area is 160 Å². The minimum atomic E-state index is -3.67. The van der Waals surface area contributed by atoms with Gasteiger partial charge in [-0.15, -0.1) is 0 Å². The van der Waals surface area contributed by atoms with Gasteiger partial charge in [-0.1, -0.05) is 32.8 Å². The van der Waals surface area contributed by atoms with Gasteiger partial charge in [0.05, 0.1) is 10.5 Å². The summed E-state index contributed by atoms with van der Waals surface area (Å²) in [5, 5.41) is 2.91. The summed E-state index contributed by atoms with van der Waals surface area (Å²) in [4.78, 5) is 24.2. The fourth-order valence-corrected chi connectivity index (χ4v) is 4.28. The first-order chi connectivity index (χ1) is 12.8. The Balaban J connectivity index is 1.92. The number of benzene rings is 1. The highest BCUT2D eigenvalue weighted by atomic mass is 32.2. The lowest BCUT2D eigenvalue weighted by molar-refractivity contribution is -0.125. The second-order valence-electron chi connectivity index (χ2n) is 6.94. The molecule has 7 nitrogen and oxygen atoms in total. The van der Waals surface area contributed by atoms with E-state index in [4.69, 9.17) is 4.74 Å². The van der Waals surface area contributed by atoms with Crippen molar-refractivity contribution in [2.24, 2.45) is 5.92 Å². The zero-order valence-electron chi connectivity index (χ0n) is 15.9. The van der Waals surface area contributed by atoms with E-state index in [1.165, 1.54) is 30.7 Å². The van der Waals surface area contributed by atoms with Crippen LogP contribution in [0.5, 0.6) is 0 Å². The molecule has 0 saturated heterocycles. The molecule has 1 amide bonds. The van der Waals surface area contributed by atoms with E-state index in [9.17, 15) is 18.0 Å². The van der Waals surface area contributed by atoms with Gasteiger partial charge in [-0.25, -0.2) is 17.9 Å². The van der Waals surface area contributed by atoms with Crippen molar-refractivity contribution in [1.82, 2.24) is 10.0 Å². The molecule has 0 unspecified atom stereocenters. The Morgan fingerprint density at radius 1 is 1.22 bits per heavy atom. The summed E-state index contributed by atoms with van der Waals surface area (Å²) in [5.41, 5.74) is 0.0909. The molecule has 0 radical (unpaired) electrons. The number of hydrogen-bond donors (Lipinski definition) is 2. The topological polar surface area (TPSA) is 102 Å². The van der Waals surface area contributed by atoms with Crippen molar-refractivity contribution < 1.29 is 22.7 Å². The van der Waals surface area contributed by atoms with Crippen LogP contribution in [-0.2, 0) is 19.6 Å². The molecule has 8 heteroatoms. The Kier molecular flexibility index (Phi) is 7.79. The van der Waals surface area contributed by atoms with Crippen molar-refractivity contribution in [1.29, 1.82) is 0 Å². The zero-order valence-corrected chi connectivity index (χ0v) is 16.7. The summed E-state index contributed by atoms with van der Waals surface area (Å²) in [7, 11) is -3.67. The molecule has 0 aliphatic heterocycles. The Hall–Kier alpha value is -1.93. The number of rotatable bonds is 8. The maximum atomic E-state index is 12.2. The standard InChI is InChI=1S/C19H28N2O5S/c1-3-11-20-27(24,25)16-9-6-8-15(12-16)19(23)26-13-18(22)21-17-10-5-4-7-14(17)2/h6,8-9,12,14,17,20H,3-5,7,10-11,13H2,1-2H3,(H,21,22)/t14-,17+/m0/s1. The van der Waals surface area contributed by atoms with Crippen molar-refractivity contribution in [2.75, 3.05) is 13.2 Å². The lowest BCUT2D eigenvalue weighted by Crippen LogP contribution is -2.42. The molecular weight excluding hydrogens is 368 g/mol. The molecule has 0 aromatic heterocycles. The molecule has 0 heterocycles. The first kappa shape index (κ1) is 21.4. The predicted molar refractivity (Wildman–Crippen MR) is 102 cm³/mol. The fraction of sp³-hybridized carbons (Fsp3) is 0.579.